The summed E-state index contributed by atoms with van der Waals surface area (Å²) in [6, 6.07) is 16.0. The molecule has 2 aromatic carbocycles. The van der Waals surface area contributed by atoms with Crippen LogP contribution in [0.2, 0.25) is 0 Å². The van der Waals surface area contributed by atoms with Crippen LogP contribution in [0.25, 0.3) is 0 Å². The highest BCUT2D eigenvalue weighted by Gasteiger charge is 2.44. The topological polar surface area (TPSA) is 76.1 Å². The Labute approximate surface area is 200 Å². The van der Waals surface area contributed by atoms with E-state index in [1.165, 1.54) is 23.9 Å². The van der Waals surface area contributed by atoms with Crippen molar-refractivity contribution in [3.8, 4) is 0 Å². The lowest BCUT2D eigenvalue weighted by atomic mass is 10.0. The molecule has 0 aromatic heterocycles. The molecule has 2 aliphatic heterocycles. The molecule has 0 saturated carbocycles. The van der Waals surface area contributed by atoms with Crippen LogP contribution in [-0.4, -0.2) is 83.7 Å². The Morgan fingerprint density at radius 1 is 1.00 bits per heavy atom. The van der Waals surface area contributed by atoms with Gasteiger partial charge >= 0.3 is 0 Å². The van der Waals surface area contributed by atoms with Crippen molar-refractivity contribution in [1.29, 1.82) is 0 Å². The van der Waals surface area contributed by atoms with Crippen molar-refractivity contribution in [1.82, 2.24) is 15.1 Å². The van der Waals surface area contributed by atoms with Gasteiger partial charge in [-0.15, -0.1) is 0 Å². The Morgan fingerprint density at radius 3 is 2.32 bits per heavy atom. The average Bonchev–Trinajstić information content (AvgIpc) is 3.21. The van der Waals surface area contributed by atoms with Crippen LogP contribution in [0.4, 0.5) is 10.1 Å². The third kappa shape index (κ3) is 5.39. The zero-order chi connectivity index (χ0) is 24.3. The van der Waals surface area contributed by atoms with E-state index in [0.29, 0.717) is 19.5 Å². The summed E-state index contributed by atoms with van der Waals surface area (Å²) in [7, 11) is 0. The molecule has 1 atom stereocenters. The molecule has 0 aliphatic carbocycles. The number of nitrogens with one attached hydrogen (secondary N) is 1. The maximum absolute atomic E-state index is 14.0. The minimum atomic E-state index is -1.23. The first-order valence-corrected chi connectivity index (χ1v) is 11.8. The predicted molar refractivity (Wildman–Crippen MR) is 129 cm³/mol. The number of aliphatic hydroxyl groups is 1. The van der Waals surface area contributed by atoms with Gasteiger partial charge in [0.05, 0.1) is 17.7 Å². The largest absolute Gasteiger partial charge is 0.387 e. The van der Waals surface area contributed by atoms with Gasteiger partial charge in [-0.05, 0) is 44.5 Å². The van der Waals surface area contributed by atoms with Crippen molar-refractivity contribution in [2.45, 2.75) is 31.4 Å². The summed E-state index contributed by atoms with van der Waals surface area (Å²) < 4.78 is 14.0. The lowest BCUT2D eigenvalue weighted by Crippen LogP contribution is -2.57. The molecule has 2 N–H and O–H groups in total. The molecule has 2 aromatic rings. The summed E-state index contributed by atoms with van der Waals surface area (Å²) in [5, 5.41) is 13.9. The molecular weight excluding hydrogens is 435 g/mol. The second kappa shape index (κ2) is 9.72. The molecule has 0 bridgehead atoms. The van der Waals surface area contributed by atoms with E-state index in [1.807, 2.05) is 18.2 Å². The van der Waals surface area contributed by atoms with Crippen LogP contribution in [0.3, 0.4) is 0 Å². The molecule has 2 saturated heterocycles. The summed E-state index contributed by atoms with van der Waals surface area (Å²) in [5.41, 5.74) is -1.11. The van der Waals surface area contributed by atoms with Gasteiger partial charge in [-0.3, -0.25) is 14.5 Å². The number of halogens is 1. The van der Waals surface area contributed by atoms with Gasteiger partial charge in [-0.1, -0.05) is 30.3 Å². The van der Waals surface area contributed by atoms with Crippen LogP contribution in [0.15, 0.2) is 54.6 Å². The van der Waals surface area contributed by atoms with Crippen molar-refractivity contribution in [2.75, 3.05) is 50.7 Å². The summed E-state index contributed by atoms with van der Waals surface area (Å²) in [6.45, 7) is 7.80. The third-order valence-corrected chi connectivity index (χ3v) is 6.71. The number of carbonyl (C=O) groups excluding carboxylic acids is 2. The number of amides is 2. The van der Waals surface area contributed by atoms with Crippen molar-refractivity contribution in [2.24, 2.45) is 0 Å². The van der Waals surface area contributed by atoms with E-state index >= 15 is 0 Å². The smallest absolute Gasteiger partial charge is 0.255 e. The van der Waals surface area contributed by atoms with Crippen molar-refractivity contribution >= 4 is 17.5 Å². The van der Waals surface area contributed by atoms with E-state index in [0.717, 1.165) is 26.2 Å². The Morgan fingerprint density at radius 2 is 1.65 bits per heavy atom. The molecule has 2 aliphatic rings. The lowest BCUT2D eigenvalue weighted by Gasteiger charge is -2.39. The van der Waals surface area contributed by atoms with Crippen LogP contribution in [0.5, 0.6) is 0 Å². The maximum atomic E-state index is 14.0. The normalized spacial score (nSPS) is 21.5. The van der Waals surface area contributed by atoms with Crippen LogP contribution >= 0.6 is 0 Å². The second-order valence-electron chi connectivity index (χ2n) is 9.86. The van der Waals surface area contributed by atoms with Gasteiger partial charge in [0.1, 0.15) is 11.4 Å². The number of β-amino-alcohol motifs (C(OH)–C–C–N with tert-alkyl or cyclic N) is 1. The molecule has 1 unspecified atom stereocenters. The van der Waals surface area contributed by atoms with Gasteiger partial charge in [0, 0.05) is 45.0 Å². The third-order valence-electron chi connectivity index (χ3n) is 6.71. The number of para-hydroxylation sites is 1. The highest BCUT2D eigenvalue weighted by Crippen LogP contribution is 2.26. The van der Waals surface area contributed by atoms with Crippen molar-refractivity contribution < 1.29 is 19.1 Å². The minimum absolute atomic E-state index is 0.101. The molecule has 2 amide bonds. The monoisotopic (exact) mass is 468 g/mol. The standard InChI is InChI=1S/C26H33FN4O3/c1-25(2,28-23(32)21-10-6-7-11-22(21)27)24(33)31-13-12-26(34,19-31)18-29-14-16-30(17-15-29)20-8-4-3-5-9-20/h3-11,34H,12-19H2,1-2H3,(H,28,32). The number of piperazine rings is 1. The van der Waals surface area contributed by atoms with E-state index in [2.05, 4.69) is 27.2 Å². The number of rotatable bonds is 6. The van der Waals surface area contributed by atoms with Crippen LogP contribution in [0.1, 0.15) is 30.6 Å². The first-order valence-electron chi connectivity index (χ1n) is 11.8. The highest BCUT2D eigenvalue weighted by molar-refractivity contribution is 5.99. The summed E-state index contributed by atoms with van der Waals surface area (Å²) in [6.07, 6.45) is 0.481. The molecule has 7 nitrogen and oxygen atoms in total. The van der Waals surface area contributed by atoms with E-state index in [-0.39, 0.29) is 18.0 Å². The quantitative estimate of drug-likeness (QED) is 0.679. The summed E-state index contributed by atoms with van der Waals surface area (Å²) >= 11 is 0. The maximum Gasteiger partial charge on any atom is 0.255 e. The van der Waals surface area contributed by atoms with E-state index in [1.54, 1.807) is 24.8 Å². The fourth-order valence-electron chi connectivity index (χ4n) is 4.82. The molecule has 0 radical (unpaired) electrons. The fourth-order valence-corrected chi connectivity index (χ4v) is 4.82. The number of hydrogen-bond acceptors (Lipinski definition) is 5. The molecule has 2 fully saturated rings. The summed E-state index contributed by atoms with van der Waals surface area (Å²) in [5.74, 6) is -1.56. The molecule has 2 heterocycles. The molecular formula is C26H33FN4O3. The lowest BCUT2D eigenvalue weighted by molar-refractivity contribution is -0.136. The Bertz CT molecular complexity index is 1020. The van der Waals surface area contributed by atoms with Crippen molar-refractivity contribution in [3.05, 3.63) is 66.0 Å². The van der Waals surface area contributed by atoms with Crippen LogP contribution in [-0.2, 0) is 4.79 Å². The fraction of sp³-hybridized carbons (Fsp3) is 0.462. The van der Waals surface area contributed by atoms with Gasteiger partial charge in [0.15, 0.2) is 0 Å². The Hall–Kier alpha value is -2.97. The first kappa shape index (κ1) is 24.2. The number of anilines is 1. The van der Waals surface area contributed by atoms with Gasteiger partial charge in [-0.2, -0.15) is 0 Å². The molecule has 0 spiro atoms. The second-order valence-corrected chi connectivity index (χ2v) is 9.86. The number of carbonyl (C=O) groups is 2. The van der Waals surface area contributed by atoms with Gasteiger partial charge < -0.3 is 20.2 Å². The SMILES string of the molecule is CC(C)(NC(=O)c1ccccc1F)C(=O)N1CCC(O)(CN2CCN(c3ccccc3)CC2)C1. The van der Waals surface area contributed by atoms with Gasteiger partial charge in [0.2, 0.25) is 5.91 Å². The zero-order valence-corrected chi connectivity index (χ0v) is 19.8. The van der Waals surface area contributed by atoms with Gasteiger partial charge in [-0.25, -0.2) is 4.39 Å². The minimum Gasteiger partial charge on any atom is -0.387 e. The van der Waals surface area contributed by atoms with E-state index < -0.39 is 22.9 Å². The predicted octanol–water partition coefficient (Wildman–Crippen LogP) is 2.12. The number of nitrogens with zero attached hydrogens (tertiary/aromatic N) is 3. The highest BCUT2D eigenvalue weighted by atomic mass is 19.1. The number of likely N-dealkylation sites (tertiary alicyclic amines) is 1. The molecule has 4 rings (SSSR count). The Balaban J connectivity index is 1.31. The number of benzene rings is 2. The van der Waals surface area contributed by atoms with Crippen LogP contribution in [0, 0.1) is 5.82 Å². The van der Waals surface area contributed by atoms with Gasteiger partial charge in [0.25, 0.3) is 5.91 Å². The average molecular weight is 469 g/mol. The van der Waals surface area contributed by atoms with E-state index in [9.17, 15) is 19.1 Å². The summed E-state index contributed by atoms with van der Waals surface area (Å²) in [4.78, 5) is 31.9. The van der Waals surface area contributed by atoms with Crippen LogP contribution < -0.4 is 10.2 Å². The van der Waals surface area contributed by atoms with E-state index in [4.69, 9.17) is 0 Å². The number of hydrogen-bond donors (Lipinski definition) is 2. The molecule has 34 heavy (non-hydrogen) atoms. The van der Waals surface area contributed by atoms with Crippen molar-refractivity contribution in [3.63, 3.8) is 0 Å². The molecule has 182 valence electrons. The first-order chi connectivity index (χ1) is 16.2. The molecule has 8 heteroatoms. The Kier molecular flexibility index (Phi) is 6.91. The zero-order valence-electron chi connectivity index (χ0n) is 19.8.